The molecule has 1 rings (SSSR count). The highest BCUT2D eigenvalue weighted by Crippen LogP contribution is 2.27. The van der Waals surface area contributed by atoms with Crippen LogP contribution < -0.4 is 0 Å². The molecule has 0 fully saturated rings. The first-order chi connectivity index (χ1) is 6.02. The second kappa shape index (κ2) is 4.11. The number of hydrogen-bond acceptors (Lipinski definition) is 2. The van der Waals surface area contributed by atoms with Gasteiger partial charge in [0.25, 0.3) is 0 Å². The molecule has 0 aliphatic rings. The predicted octanol–water partition coefficient (Wildman–Crippen LogP) is 2.98. The summed E-state index contributed by atoms with van der Waals surface area (Å²) in [6.07, 6.45) is 0. The lowest BCUT2D eigenvalue weighted by atomic mass is 10.1. The fraction of sp³-hybridized carbons (Fsp3) is 0.222. The van der Waals surface area contributed by atoms with E-state index in [-0.39, 0.29) is 5.78 Å². The van der Waals surface area contributed by atoms with Gasteiger partial charge in [-0.05, 0) is 30.7 Å². The smallest absolute Gasteiger partial charge is 0.152 e. The number of carbonyl (C=O) groups is 1. The van der Waals surface area contributed by atoms with E-state index in [0.29, 0.717) is 10.5 Å². The number of Topliss-reactive ketones (excluding diaryl/α,β-unsaturated/α-hetero) is 1. The molecule has 13 heavy (non-hydrogen) atoms. The van der Waals surface area contributed by atoms with Crippen molar-refractivity contribution < 1.29 is 9.18 Å². The third-order valence-electron chi connectivity index (χ3n) is 1.62. The minimum absolute atomic E-state index is 0.220. The zero-order chi connectivity index (χ0) is 10.0. The van der Waals surface area contributed by atoms with Crippen LogP contribution in [0.3, 0.4) is 0 Å². The number of benzene rings is 1. The van der Waals surface area contributed by atoms with Crippen LogP contribution in [0.1, 0.15) is 17.9 Å². The van der Waals surface area contributed by atoms with Crippen LogP contribution in [0.25, 0.3) is 0 Å². The highest BCUT2D eigenvalue weighted by atomic mass is 35.5. The molecule has 70 valence electrons. The second-order valence-electron chi connectivity index (χ2n) is 2.68. The number of hydrogen-bond donors (Lipinski definition) is 1. The van der Waals surface area contributed by atoms with E-state index in [4.69, 9.17) is 11.6 Å². The van der Waals surface area contributed by atoms with Crippen LogP contribution in [0.2, 0.25) is 0 Å². The minimum Gasteiger partial charge on any atom is -0.298 e. The number of thiol groups is 1. The van der Waals surface area contributed by atoms with Crippen LogP contribution >= 0.6 is 24.2 Å². The quantitative estimate of drug-likeness (QED) is 0.597. The first-order valence-electron chi connectivity index (χ1n) is 3.65. The van der Waals surface area contributed by atoms with Gasteiger partial charge < -0.3 is 0 Å². The Balaban J connectivity index is 3.12. The topological polar surface area (TPSA) is 17.1 Å². The molecule has 0 heterocycles. The Hall–Kier alpha value is -0.540. The van der Waals surface area contributed by atoms with Crippen LogP contribution in [-0.4, -0.2) is 5.78 Å². The summed E-state index contributed by atoms with van der Waals surface area (Å²) in [6, 6.07) is 3.98. The monoisotopic (exact) mass is 218 g/mol. The SMILES string of the molecule is CC(=O)C(Cl)c1cc(F)ccc1S. The van der Waals surface area contributed by atoms with Crippen molar-refractivity contribution in [3.05, 3.63) is 29.6 Å². The molecule has 1 nitrogen and oxygen atoms in total. The van der Waals surface area contributed by atoms with E-state index in [1.165, 1.54) is 25.1 Å². The summed E-state index contributed by atoms with van der Waals surface area (Å²) < 4.78 is 12.8. The highest BCUT2D eigenvalue weighted by Gasteiger charge is 2.16. The number of rotatable bonds is 2. The highest BCUT2D eigenvalue weighted by molar-refractivity contribution is 7.80. The molecular formula is C9H8ClFOS. The maximum atomic E-state index is 12.8. The van der Waals surface area contributed by atoms with Gasteiger partial charge in [-0.3, -0.25) is 4.79 Å². The Kier molecular flexibility index (Phi) is 3.33. The summed E-state index contributed by atoms with van der Waals surface area (Å²) >= 11 is 9.83. The Morgan fingerprint density at radius 3 is 2.77 bits per heavy atom. The van der Waals surface area contributed by atoms with Gasteiger partial charge in [0.1, 0.15) is 11.2 Å². The van der Waals surface area contributed by atoms with E-state index in [2.05, 4.69) is 12.6 Å². The molecule has 0 saturated heterocycles. The molecule has 1 aromatic carbocycles. The summed E-state index contributed by atoms with van der Waals surface area (Å²) in [5.41, 5.74) is 0.414. The molecule has 0 aliphatic carbocycles. The van der Waals surface area contributed by atoms with Crippen molar-refractivity contribution in [3.8, 4) is 0 Å². The van der Waals surface area contributed by atoms with Crippen LogP contribution in [-0.2, 0) is 4.79 Å². The van der Waals surface area contributed by atoms with Gasteiger partial charge in [0.2, 0.25) is 0 Å². The predicted molar refractivity (Wildman–Crippen MR) is 52.9 cm³/mol. The van der Waals surface area contributed by atoms with Gasteiger partial charge in [0.15, 0.2) is 5.78 Å². The Morgan fingerprint density at radius 2 is 2.23 bits per heavy atom. The Labute approximate surface area is 86.3 Å². The van der Waals surface area contributed by atoms with Crippen molar-refractivity contribution in [1.29, 1.82) is 0 Å². The molecular weight excluding hydrogens is 211 g/mol. The van der Waals surface area contributed by atoms with Crippen molar-refractivity contribution in [2.75, 3.05) is 0 Å². The average molecular weight is 219 g/mol. The summed E-state index contributed by atoms with van der Waals surface area (Å²) in [7, 11) is 0. The lowest BCUT2D eigenvalue weighted by Gasteiger charge is -2.08. The van der Waals surface area contributed by atoms with Gasteiger partial charge in [-0.15, -0.1) is 24.2 Å². The summed E-state index contributed by atoms with van der Waals surface area (Å²) in [6.45, 7) is 1.36. The lowest BCUT2D eigenvalue weighted by molar-refractivity contribution is -0.116. The molecule has 1 unspecified atom stereocenters. The number of ketones is 1. The fourth-order valence-corrected chi connectivity index (χ4v) is 1.47. The van der Waals surface area contributed by atoms with Crippen LogP contribution in [0.5, 0.6) is 0 Å². The van der Waals surface area contributed by atoms with E-state index >= 15 is 0 Å². The van der Waals surface area contributed by atoms with Crippen molar-refractivity contribution in [2.24, 2.45) is 0 Å². The molecule has 0 N–H and O–H groups in total. The van der Waals surface area contributed by atoms with Gasteiger partial charge in [0.05, 0.1) is 0 Å². The van der Waals surface area contributed by atoms with Crippen LogP contribution in [0, 0.1) is 5.82 Å². The van der Waals surface area contributed by atoms with E-state index < -0.39 is 11.2 Å². The molecule has 1 aromatic rings. The maximum absolute atomic E-state index is 12.8. The Bertz CT molecular complexity index is 340. The van der Waals surface area contributed by atoms with Gasteiger partial charge in [-0.25, -0.2) is 4.39 Å². The van der Waals surface area contributed by atoms with Gasteiger partial charge in [-0.2, -0.15) is 0 Å². The first kappa shape index (κ1) is 10.5. The first-order valence-corrected chi connectivity index (χ1v) is 4.53. The third kappa shape index (κ3) is 2.45. The van der Waals surface area contributed by atoms with Crippen molar-refractivity contribution in [3.63, 3.8) is 0 Å². The van der Waals surface area contributed by atoms with Gasteiger partial charge in [0, 0.05) is 4.90 Å². The lowest BCUT2D eigenvalue weighted by Crippen LogP contribution is -2.02. The largest absolute Gasteiger partial charge is 0.298 e. The zero-order valence-corrected chi connectivity index (χ0v) is 8.57. The molecule has 1 atom stereocenters. The van der Waals surface area contributed by atoms with Crippen LogP contribution in [0.4, 0.5) is 4.39 Å². The van der Waals surface area contributed by atoms with E-state index in [1.807, 2.05) is 0 Å². The average Bonchev–Trinajstić information content (AvgIpc) is 2.08. The molecule has 0 aliphatic heterocycles. The fourth-order valence-electron chi connectivity index (χ4n) is 0.947. The second-order valence-corrected chi connectivity index (χ2v) is 3.59. The minimum atomic E-state index is -0.816. The molecule has 0 amide bonds. The number of carbonyl (C=O) groups excluding carboxylic acids is 1. The third-order valence-corrected chi connectivity index (χ3v) is 2.57. The van der Waals surface area contributed by atoms with E-state index in [9.17, 15) is 9.18 Å². The zero-order valence-electron chi connectivity index (χ0n) is 6.92. The number of halogens is 2. The molecule has 0 radical (unpaired) electrons. The molecule has 4 heteroatoms. The molecule has 0 spiro atoms. The Morgan fingerprint density at radius 1 is 1.62 bits per heavy atom. The maximum Gasteiger partial charge on any atom is 0.152 e. The standard InChI is InChI=1S/C9H8ClFOS/c1-5(12)9(10)7-4-6(11)2-3-8(7)13/h2-4,9,13H,1H3. The van der Waals surface area contributed by atoms with E-state index in [1.54, 1.807) is 0 Å². The van der Waals surface area contributed by atoms with Crippen LogP contribution in [0.15, 0.2) is 23.1 Å². The summed E-state index contributed by atoms with van der Waals surface area (Å²) in [5, 5.41) is -0.816. The normalized spacial score (nSPS) is 12.6. The molecule has 0 saturated carbocycles. The van der Waals surface area contributed by atoms with Crippen molar-refractivity contribution >= 4 is 30.0 Å². The van der Waals surface area contributed by atoms with Crippen molar-refractivity contribution in [2.45, 2.75) is 17.2 Å². The van der Waals surface area contributed by atoms with E-state index in [0.717, 1.165) is 0 Å². The summed E-state index contributed by atoms with van der Waals surface area (Å²) in [4.78, 5) is 11.4. The number of alkyl halides is 1. The van der Waals surface area contributed by atoms with Gasteiger partial charge in [-0.1, -0.05) is 0 Å². The molecule has 0 bridgehead atoms. The summed E-state index contributed by atoms with van der Waals surface area (Å²) in [5.74, 6) is -0.637. The molecule has 0 aromatic heterocycles. The van der Waals surface area contributed by atoms with Crippen molar-refractivity contribution in [1.82, 2.24) is 0 Å². The van der Waals surface area contributed by atoms with Gasteiger partial charge >= 0.3 is 0 Å².